The molecule has 0 aliphatic carbocycles. The third-order valence-electron chi connectivity index (χ3n) is 7.76. The number of rotatable bonds is 12. The summed E-state index contributed by atoms with van der Waals surface area (Å²) in [6, 6.07) is 6.55. The summed E-state index contributed by atoms with van der Waals surface area (Å²) in [6.45, 7) is 1.67. The van der Waals surface area contributed by atoms with Gasteiger partial charge in [0.05, 0.1) is 25.2 Å². The minimum absolute atomic E-state index is 0.00936. The third-order valence-corrected chi connectivity index (χ3v) is 7.76. The fourth-order valence-corrected chi connectivity index (χ4v) is 5.53. The minimum atomic E-state index is -1.10. The first-order valence-electron chi connectivity index (χ1n) is 13.2. The Hall–Kier alpha value is -3.41. The van der Waals surface area contributed by atoms with Crippen LogP contribution in [0.3, 0.4) is 0 Å². The Kier molecular flexibility index (Phi) is 9.49. The van der Waals surface area contributed by atoms with E-state index in [0.29, 0.717) is 79.8 Å². The molecular formula is C29H34F3N3O5. The second-order valence-corrected chi connectivity index (χ2v) is 10.3. The van der Waals surface area contributed by atoms with Gasteiger partial charge in [-0.2, -0.15) is 0 Å². The van der Waals surface area contributed by atoms with Crippen molar-refractivity contribution >= 4 is 16.9 Å². The summed E-state index contributed by atoms with van der Waals surface area (Å²) >= 11 is 0. The van der Waals surface area contributed by atoms with E-state index in [2.05, 4.69) is 4.98 Å². The predicted octanol–water partition coefficient (Wildman–Crippen LogP) is 4.57. The van der Waals surface area contributed by atoms with Crippen molar-refractivity contribution in [1.82, 2.24) is 9.88 Å². The number of carboxylic acids is 1. The van der Waals surface area contributed by atoms with Crippen molar-refractivity contribution in [3.63, 3.8) is 0 Å². The number of aromatic nitrogens is 1. The second kappa shape index (κ2) is 12.8. The molecule has 1 aliphatic rings. The van der Waals surface area contributed by atoms with E-state index in [1.54, 1.807) is 19.4 Å². The summed E-state index contributed by atoms with van der Waals surface area (Å²) < 4.78 is 51.4. The molecule has 1 fully saturated rings. The molecule has 40 heavy (non-hydrogen) atoms. The topological polar surface area (TPSA) is 118 Å². The van der Waals surface area contributed by atoms with Crippen LogP contribution in [0.2, 0.25) is 0 Å². The molecule has 0 spiro atoms. The standard InChI is InChI=1S/C29H34F3N3O5/c1-39-20-2-3-24-21(14-20)27(18(16-33)17-34-24)25(36)4-5-29(15-26(37)38)6-8-35(9-7-29)10-11-40-28-22(31)12-19(30)13-23(28)32/h2-3,12-14,17,25,36H,4-11,15-16,33H2,1H3,(H,37,38)/t25-/m0/s1. The molecule has 216 valence electrons. The van der Waals surface area contributed by atoms with Gasteiger partial charge in [0.1, 0.15) is 18.2 Å². The van der Waals surface area contributed by atoms with Crippen LogP contribution < -0.4 is 15.2 Å². The molecule has 0 unspecified atom stereocenters. The van der Waals surface area contributed by atoms with Crippen molar-refractivity contribution in [2.45, 2.75) is 44.8 Å². The van der Waals surface area contributed by atoms with Crippen molar-refractivity contribution < 1.29 is 37.7 Å². The smallest absolute Gasteiger partial charge is 0.303 e. The van der Waals surface area contributed by atoms with Gasteiger partial charge >= 0.3 is 5.97 Å². The molecule has 0 radical (unpaired) electrons. The largest absolute Gasteiger partial charge is 0.497 e. The van der Waals surface area contributed by atoms with Gasteiger partial charge in [-0.05, 0) is 73.5 Å². The van der Waals surface area contributed by atoms with Crippen LogP contribution in [-0.4, -0.2) is 59.4 Å². The molecule has 2 aromatic carbocycles. The maximum Gasteiger partial charge on any atom is 0.303 e. The van der Waals surface area contributed by atoms with Crippen LogP contribution in [0.15, 0.2) is 36.5 Å². The van der Waals surface area contributed by atoms with Crippen molar-refractivity contribution in [2.24, 2.45) is 11.1 Å². The lowest BCUT2D eigenvalue weighted by Gasteiger charge is -2.41. The van der Waals surface area contributed by atoms with Gasteiger partial charge in [0.25, 0.3) is 0 Å². The number of pyridine rings is 1. The first kappa shape index (κ1) is 29.6. The lowest BCUT2D eigenvalue weighted by molar-refractivity contribution is -0.141. The first-order valence-corrected chi connectivity index (χ1v) is 13.2. The average Bonchev–Trinajstić information content (AvgIpc) is 2.92. The Morgan fingerprint density at radius 1 is 1.18 bits per heavy atom. The van der Waals surface area contributed by atoms with Crippen molar-refractivity contribution in [3.05, 3.63) is 65.1 Å². The molecule has 3 aromatic rings. The Bertz CT molecular complexity index is 1320. The SMILES string of the molecule is COc1ccc2ncc(CN)c([C@@H](O)CCC3(CC(=O)O)CCN(CCOc4c(F)cc(F)cc4F)CC3)c2c1. The quantitative estimate of drug-likeness (QED) is 0.294. The molecule has 0 saturated carbocycles. The third kappa shape index (κ3) is 6.83. The number of aliphatic hydroxyl groups is 1. The Morgan fingerprint density at radius 2 is 1.88 bits per heavy atom. The zero-order chi connectivity index (χ0) is 28.9. The normalized spacial score (nSPS) is 16.1. The maximum absolute atomic E-state index is 13.8. The van der Waals surface area contributed by atoms with Crippen molar-refractivity contribution in [1.29, 1.82) is 0 Å². The average molecular weight is 562 g/mol. The Balaban J connectivity index is 1.41. The molecule has 0 bridgehead atoms. The number of carbonyl (C=O) groups is 1. The van der Waals surface area contributed by atoms with E-state index in [1.165, 1.54) is 0 Å². The number of aliphatic hydroxyl groups excluding tert-OH is 1. The molecule has 4 rings (SSSR count). The van der Waals surface area contributed by atoms with Crippen LogP contribution >= 0.6 is 0 Å². The van der Waals surface area contributed by atoms with Gasteiger partial charge in [-0.15, -0.1) is 0 Å². The number of methoxy groups -OCH3 is 1. The molecule has 1 aliphatic heterocycles. The van der Waals surface area contributed by atoms with Gasteiger partial charge in [0.2, 0.25) is 0 Å². The number of likely N-dealkylation sites (tertiary alicyclic amines) is 1. The van der Waals surface area contributed by atoms with E-state index in [9.17, 15) is 28.2 Å². The van der Waals surface area contributed by atoms with E-state index < -0.39 is 40.7 Å². The number of ether oxygens (including phenoxy) is 2. The number of hydrogen-bond donors (Lipinski definition) is 3. The summed E-state index contributed by atoms with van der Waals surface area (Å²) in [5.41, 5.74) is 7.52. The summed E-state index contributed by atoms with van der Waals surface area (Å²) in [4.78, 5) is 18.3. The van der Waals surface area contributed by atoms with Crippen molar-refractivity contribution in [2.75, 3.05) is 33.4 Å². The van der Waals surface area contributed by atoms with Gasteiger partial charge in [0, 0.05) is 36.8 Å². The maximum atomic E-state index is 13.8. The molecule has 2 heterocycles. The van der Waals surface area contributed by atoms with E-state index in [-0.39, 0.29) is 19.6 Å². The molecule has 11 heteroatoms. The first-order chi connectivity index (χ1) is 19.1. The van der Waals surface area contributed by atoms with E-state index in [4.69, 9.17) is 15.2 Å². The highest BCUT2D eigenvalue weighted by Gasteiger charge is 2.37. The van der Waals surface area contributed by atoms with Gasteiger partial charge in [-0.3, -0.25) is 14.7 Å². The Morgan fingerprint density at radius 3 is 2.50 bits per heavy atom. The highest BCUT2D eigenvalue weighted by molar-refractivity contribution is 5.85. The number of carboxylic acid groups (broad SMARTS) is 1. The predicted molar refractivity (Wildman–Crippen MR) is 143 cm³/mol. The van der Waals surface area contributed by atoms with Crippen LogP contribution in [-0.2, 0) is 11.3 Å². The Labute approximate surface area is 230 Å². The molecule has 0 amide bonds. The summed E-state index contributed by atoms with van der Waals surface area (Å²) in [6.07, 6.45) is 2.70. The molecule has 8 nitrogen and oxygen atoms in total. The lowest BCUT2D eigenvalue weighted by Crippen LogP contribution is -2.42. The van der Waals surface area contributed by atoms with E-state index >= 15 is 0 Å². The van der Waals surface area contributed by atoms with Gasteiger partial charge in [-0.1, -0.05) is 0 Å². The van der Waals surface area contributed by atoms with E-state index in [0.717, 1.165) is 5.39 Å². The van der Waals surface area contributed by atoms with Crippen LogP contribution in [0.25, 0.3) is 10.9 Å². The second-order valence-electron chi connectivity index (χ2n) is 10.3. The van der Waals surface area contributed by atoms with Crippen LogP contribution in [0.4, 0.5) is 13.2 Å². The summed E-state index contributed by atoms with van der Waals surface area (Å²) in [5, 5.41) is 21.7. The molecule has 4 N–H and O–H groups in total. The summed E-state index contributed by atoms with van der Waals surface area (Å²) in [5.74, 6) is -4.13. The molecular weight excluding hydrogens is 527 g/mol. The number of hydrogen-bond acceptors (Lipinski definition) is 7. The zero-order valence-corrected chi connectivity index (χ0v) is 22.3. The highest BCUT2D eigenvalue weighted by atomic mass is 19.1. The number of aliphatic carboxylic acids is 1. The lowest BCUT2D eigenvalue weighted by atomic mass is 9.71. The molecule has 1 saturated heterocycles. The van der Waals surface area contributed by atoms with Crippen molar-refractivity contribution in [3.8, 4) is 11.5 Å². The number of halogens is 3. The monoisotopic (exact) mass is 561 g/mol. The van der Waals surface area contributed by atoms with Crippen LogP contribution in [0.1, 0.15) is 49.3 Å². The van der Waals surface area contributed by atoms with Gasteiger partial charge in [0.15, 0.2) is 17.4 Å². The highest BCUT2D eigenvalue weighted by Crippen LogP contribution is 2.42. The minimum Gasteiger partial charge on any atom is -0.497 e. The molecule has 1 aromatic heterocycles. The summed E-state index contributed by atoms with van der Waals surface area (Å²) in [7, 11) is 1.56. The fraction of sp³-hybridized carbons (Fsp3) is 0.448. The number of fused-ring (bicyclic) bond motifs is 1. The number of benzene rings is 2. The van der Waals surface area contributed by atoms with Gasteiger partial charge in [-0.25, -0.2) is 13.2 Å². The number of nitrogens with zero attached hydrogens (tertiary/aromatic N) is 2. The van der Waals surface area contributed by atoms with Crippen LogP contribution in [0, 0.1) is 22.9 Å². The molecule has 1 atom stereocenters. The zero-order valence-electron chi connectivity index (χ0n) is 22.3. The van der Waals surface area contributed by atoms with E-state index in [1.807, 2.05) is 17.0 Å². The van der Waals surface area contributed by atoms with Crippen LogP contribution in [0.5, 0.6) is 11.5 Å². The number of nitrogens with two attached hydrogens (primary N) is 1. The fourth-order valence-electron chi connectivity index (χ4n) is 5.53. The van der Waals surface area contributed by atoms with Gasteiger partial charge < -0.3 is 25.4 Å². The number of piperidine rings is 1.